The Balaban J connectivity index is 0.00000432. The number of aromatic nitrogens is 1. The first-order valence-corrected chi connectivity index (χ1v) is 11.2. The van der Waals surface area contributed by atoms with E-state index in [1.807, 2.05) is 12.1 Å². The summed E-state index contributed by atoms with van der Waals surface area (Å²) in [4.78, 5) is 16.1. The maximum absolute atomic E-state index is 12.0. The van der Waals surface area contributed by atoms with E-state index in [1.165, 1.54) is 0 Å². The molecule has 2 atom stereocenters. The van der Waals surface area contributed by atoms with Crippen molar-refractivity contribution in [1.82, 2.24) is 15.6 Å². The van der Waals surface area contributed by atoms with Crippen molar-refractivity contribution >= 4 is 29.9 Å². The molecule has 0 bridgehead atoms. The molecule has 1 amide bonds. The minimum atomic E-state index is -0.753. The maximum atomic E-state index is 12.0. The SMILES string of the molecule is CNC(=O)c1cccnc1Oc1ccc(C[C@@H](CO)NC[C@H](O)COc2cccc(Cl)c2)cc1.Cl. The molecule has 188 valence electrons. The molecule has 0 saturated carbocycles. The summed E-state index contributed by atoms with van der Waals surface area (Å²) >= 11 is 5.92. The lowest BCUT2D eigenvalue weighted by Gasteiger charge is -2.19. The second kappa shape index (κ2) is 14.5. The summed E-state index contributed by atoms with van der Waals surface area (Å²) in [6.45, 7) is 0.265. The Labute approximate surface area is 215 Å². The van der Waals surface area contributed by atoms with Gasteiger partial charge >= 0.3 is 0 Å². The number of nitrogens with zero attached hydrogens (tertiary/aromatic N) is 1. The average molecular weight is 522 g/mol. The van der Waals surface area contributed by atoms with Crippen LogP contribution in [0.15, 0.2) is 66.9 Å². The van der Waals surface area contributed by atoms with Crippen LogP contribution >= 0.6 is 24.0 Å². The molecule has 4 N–H and O–H groups in total. The summed E-state index contributed by atoms with van der Waals surface area (Å²) in [5.74, 6) is 1.06. The summed E-state index contributed by atoms with van der Waals surface area (Å²) < 4.78 is 11.3. The molecule has 0 aliphatic carbocycles. The summed E-state index contributed by atoms with van der Waals surface area (Å²) in [5, 5.41) is 26.2. The molecule has 0 aliphatic rings. The van der Waals surface area contributed by atoms with Crippen molar-refractivity contribution < 1.29 is 24.5 Å². The second-order valence-corrected chi connectivity index (χ2v) is 8.03. The second-order valence-electron chi connectivity index (χ2n) is 7.60. The first-order valence-electron chi connectivity index (χ1n) is 10.8. The molecular formula is C25H29Cl2N3O5. The molecule has 1 heterocycles. The lowest BCUT2D eigenvalue weighted by Crippen LogP contribution is -2.41. The Hall–Kier alpha value is -2.88. The maximum Gasteiger partial charge on any atom is 0.256 e. The first-order chi connectivity index (χ1) is 16.5. The molecule has 3 aromatic rings. The van der Waals surface area contributed by atoms with Crippen LogP contribution < -0.4 is 20.1 Å². The van der Waals surface area contributed by atoms with Gasteiger partial charge in [-0.1, -0.05) is 29.8 Å². The number of aliphatic hydroxyl groups excluding tert-OH is 2. The van der Waals surface area contributed by atoms with Crippen molar-refractivity contribution in [3.05, 3.63) is 83.0 Å². The Morgan fingerprint density at radius 1 is 1.11 bits per heavy atom. The fraction of sp³-hybridized carbons (Fsp3) is 0.280. The molecule has 1 aromatic heterocycles. The molecule has 8 nitrogen and oxygen atoms in total. The van der Waals surface area contributed by atoms with Gasteiger partial charge in [0.2, 0.25) is 5.88 Å². The van der Waals surface area contributed by atoms with Crippen molar-refractivity contribution in [3.8, 4) is 17.4 Å². The molecular weight excluding hydrogens is 493 g/mol. The van der Waals surface area contributed by atoms with E-state index in [-0.39, 0.29) is 50.0 Å². The Kier molecular flexibility index (Phi) is 11.8. The van der Waals surface area contributed by atoms with E-state index in [2.05, 4.69) is 15.6 Å². The van der Waals surface area contributed by atoms with Gasteiger partial charge in [-0.2, -0.15) is 0 Å². The molecule has 0 aliphatic heterocycles. The summed E-state index contributed by atoms with van der Waals surface area (Å²) in [6.07, 6.45) is 1.35. The first kappa shape index (κ1) is 28.4. The molecule has 0 saturated heterocycles. The summed E-state index contributed by atoms with van der Waals surface area (Å²) in [6, 6.07) is 17.3. The molecule has 35 heavy (non-hydrogen) atoms. The van der Waals surface area contributed by atoms with Gasteiger partial charge in [-0.05, 0) is 54.4 Å². The zero-order chi connectivity index (χ0) is 24.3. The van der Waals surface area contributed by atoms with Crippen LogP contribution in [-0.2, 0) is 6.42 Å². The van der Waals surface area contributed by atoms with Crippen LogP contribution in [0.3, 0.4) is 0 Å². The van der Waals surface area contributed by atoms with Gasteiger partial charge in [-0.15, -0.1) is 12.4 Å². The third kappa shape index (κ3) is 9.01. The monoisotopic (exact) mass is 521 g/mol. The highest BCUT2D eigenvalue weighted by atomic mass is 35.5. The highest BCUT2D eigenvalue weighted by Gasteiger charge is 2.14. The van der Waals surface area contributed by atoms with Crippen molar-refractivity contribution in [2.45, 2.75) is 18.6 Å². The van der Waals surface area contributed by atoms with Crippen LogP contribution in [0.2, 0.25) is 5.02 Å². The number of ether oxygens (including phenoxy) is 2. The third-order valence-electron chi connectivity index (χ3n) is 4.96. The minimum absolute atomic E-state index is 0. The minimum Gasteiger partial charge on any atom is -0.491 e. The molecule has 0 spiro atoms. The fourth-order valence-electron chi connectivity index (χ4n) is 3.18. The van der Waals surface area contributed by atoms with E-state index in [4.69, 9.17) is 21.1 Å². The van der Waals surface area contributed by atoms with E-state index >= 15 is 0 Å². The van der Waals surface area contributed by atoms with Crippen LogP contribution in [0.4, 0.5) is 0 Å². The van der Waals surface area contributed by atoms with Gasteiger partial charge in [0.05, 0.1) is 6.61 Å². The summed E-state index contributed by atoms with van der Waals surface area (Å²) in [7, 11) is 1.55. The van der Waals surface area contributed by atoms with Crippen molar-refractivity contribution in [1.29, 1.82) is 0 Å². The Morgan fingerprint density at radius 2 is 1.89 bits per heavy atom. The number of benzene rings is 2. The predicted molar refractivity (Wildman–Crippen MR) is 137 cm³/mol. The van der Waals surface area contributed by atoms with Gasteiger partial charge in [-0.3, -0.25) is 4.79 Å². The van der Waals surface area contributed by atoms with E-state index < -0.39 is 6.10 Å². The highest BCUT2D eigenvalue weighted by molar-refractivity contribution is 6.30. The van der Waals surface area contributed by atoms with Crippen LogP contribution in [0.1, 0.15) is 15.9 Å². The van der Waals surface area contributed by atoms with Crippen LogP contribution in [0.25, 0.3) is 0 Å². The van der Waals surface area contributed by atoms with E-state index in [1.54, 1.807) is 61.8 Å². The highest BCUT2D eigenvalue weighted by Crippen LogP contribution is 2.23. The lowest BCUT2D eigenvalue weighted by atomic mass is 10.1. The third-order valence-corrected chi connectivity index (χ3v) is 5.20. The molecule has 0 fully saturated rings. The van der Waals surface area contributed by atoms with Gasteiger partial charge in [0.15, 0.2) is 0 Å². The topological polar surface area (TPSA) is 113 Å². The fourth-order valence-corrected chi connectivity index (χ4v) is 3.36. The van der Waals surface area contributed by atoms with E-state index in [0.717, 1.165) is 5.56 Å². The number of nitrogens with one attached hydrogen (secondary N) is 2. The van der Waals surface area contributed by atoms with Gasteiger partial charge in [0.1, 0.15) is 29.8 Å². The molecule has 3 rings (SSSR count). The molecule has 2 aromatic carbocycles. The zero-order valence-electron chi connectivity index (χ0n) is 19.2. The number of halogens is 2. The lowest BCUT2D eigenvalue weighted by molar-refractivity contribution is 0.0960. The number of aliphatic hydroxyl groups is 2. The molecule has 10 heteroatoms. The van der Waals surface area contributed by atoms with Crippen LogP contribution in [-0.4, -0.2) is 60.1 Å². The Morgan fingerprint density at radius 3 is 2.57 bits per heavy atom. The van der Waals surface area contributed by atoms with Gasteiger partial charge in [0.25, 0.3) is 5.91 Å². The number of carbonyl (C=O) groups excluding carboxylic acids is 1. The van der Waals surface area contributed by atoms with Crippen molar-refractivity contribution in [2.75, 3.05) is 26.8 Å². The Bertz CT molecular complexity index is 1070. The van der Waals surface area contributed by atoms with Crippen molar-refractivity contribution in [2.24, 2.45) is 0 Å². The normalized spacial score (nSPS) is 12.2. The largest absolute Gasteiger partial charge is 0.491 e. The number of amides is 1. The van der Waals surface area contributed by atoms with E-state index in [9.17, 15) is 15.0 Å². The summed E-state index contributed by atoms with van der Waals surface area (Å²) in [5.41, 5.74) is 1.31. The van der Waals surface area contributed by atoms with E-state index in [0.29, 0.717) is 28.5 Å². The van der Waals surface area contributed by atoms with Gasteiger partial charge in [-0.25, -0.2) is 4.98 Å². The molecule has 0 radical (unpaired) electrons. The number of rotatable bonds is 12. The van der Waals surface area contributed by atoms with Crippen molar-refractivity contribution in [3.63, 3.8) is 0 Å². The number of carbonyl (C=O) groups is 1. The number of pyridine rings is 1. The number of hydrogen-bond donors (Lipinski definition) is 4. The van der Waals surface area contributed by atoms with Gasteiger partial charge < -0.3 is 30.3 Å². The number of hydrogen-bond acceptors (Lipinski definition) is 7. The standard InChI is InChI=1S/C25H28ClN3O5.ClH/c1-27-24(32)23-6-3-11-28-25(23)34-21-9-7-17(8-10-21)12-19(15-30)29-14-20(31)16-33-22-5-2-4-18(26)13-22;/h2-11,13,19-20,29-31H,12,14-16H2,1H3,(H,27,32);1H/t19-,20-;/m0./s1. The van der Waals surface area contributed by atoms with Crippen LogP contribution in [0, 0.1) is 0 Å². The zero-order valence-corrected chi connectivity index (χ0v) is 20.8. The van der Waals surface area contributed by atoms with Gasteiger partial charge in [0, 0.05) is 30.9 Å². The quantitative estimate of drug-likeness (QED) is 0.289. The average Bonchev–Trinajstić information content (AvgIpc) is 2.86. The molecule has 0 unspecified atom stereocenters. The predicted octanol–water partition coefficient (Wildman–Crippen LogP) is 3.24. The smallest absolute Gasteiger partial charge is 0.256 e. The van der Waals surface area contributed by atoms with Crippen LogP contribution in [0.5, 0.6) is 17.4 Å².